The number of halogens is 2. The van der Waals surface area contributed by atoms with Gasteiger partial charge in [-0.25, -0.2) is 8.42 Å². The van der Waals surface area contributed by atoms with Crippen molar-refractivity contribution in [2.75, 3.05) is 16.8 Å². The summed E-state index contributed by atoms with van der Waals surface area (Å²) in [5.41, 5.74) is 1.89. The van der Waals surface area contributed by atoms with E-state index in [9.17, 15) is 8.42 Å². The van der Waals surface area contributed by atoms with Gasteiger partial charge in [0.1, 0.15) is 5.75 Å². The molecule has 124 valence electrons. The number of benzene rings is 2. The van der Waals surface area contributed by atoms with E-state index in [2.05, 4.69) is 45.2 Å². The van der Waals surface area contributed by atoms with Crippen molar-refractivity contribution in [3.8, 4) is 16.9 Å². The molecule has 0 saturated carbocycles. The largest absolute Gasteiger partial charge is 0.492 e. The van der Waals surface area contributed by atoms with Crippen LogP contribution in [0.25, 0.3) is 11.1 Å². The molecule has 0 fully saturated rings. The number of hydrogen-bond acceptors (Lipinski definition) is 3. The SMILES string of the molecule is CCS(=O)(=O)c1cccc(-c2ccc(OCCCI)c(I)c2)c1. The summed E-state index contributed by atoms with van der Waals surface area (Å²) >= 11 is 4.58. The van der Waals surface area contributed by atoms with Crippen LogP contribution >= 0.6 is 45.2 Å². The van der Waals surface area contributed by atoms with Crippen molar-refractivity contribution < 1.29 is 13.2 Å². The van der Waals surface area contributed by atoms with E-state index in [4.69, 9.17) is 4.74 Å². The number of rotatable bonds is 7. The molecule has 0 radical (unpaired) electrons. The molecule has 23 heavy (non-hydrogen) atoms. The molecule has 0 spiro atoms. The molecule has 0 aliphatic rings. The van der Waals surface area contributed by atoms with Gasteiger partial charge in [0.05, 0.1) is 20.8 Å². The van der Waals surface area contributed by atoms with Gasteiger partial charge in [0.25, 0.3) is 0 Å². The molecule has 2 aromatic carbocycles. The highest BCUT2D eigenvalue weighted by Crippen LogP contribution is 2.29. The van der Waals surface area contributed by atoms with Gasteiger partial charge in [-0.15, -0.1) is 0 Å². The summed E-state index contributed by atoms with van der Waals surface area (Å²) < 4.78 is 31.9. The van der Waals surface area contributed by atoms with Gasteiger partial charge in [-0.3, -0.25) is 0 Å². The third kappa shape index (κ3) is 5.06. The highest BCUT2D eigenvalue weighted by Gasteiger charge is 2.12. The van der Waals surface area contributed by atoms with Crippen molar-refractivity contribution in [2.24, 2.45) is 0 Å². The van der Waals surface area contributed by atoms with E-state index < -0.39 is 9.84 Å². The van der Waals surface area contributed by atoms with Crippen molar-refractivity contribution in [1.82, 2.24) is 0 Å². The second kappa shape index (κ2) is 8.66. The van der Waals surface area contributed by atoms with Gasteiger partial charge in [-0.1, -0.05) is 47.7 Å². The van der Waals surface area contributed by atoms with E-state index in [0.29, 0.717) is 11.5 Å². The quantitative estimate of drug-likeness (QED) is 0.276. The first-order chi connectivity index (χ1) is 11.0. The molecule has 0 aliphatic carbocycles. The summed E-state index contributed by atoms with van der Waals surface area (Å²) in [6, 6.07) is 13.0. The summed E-state index contributed by atoms with van der Waals surface area (Å²) in [5.74, 6) is 0.980. The van der Waals surface area contributed by atoms with E-state index in [1.54, 1.807) is 25.1 Å². The fourth-order valence-corrected chi connectivity index (χ4v) is 3.98. The van der Waals surface area contributed by atoms with Crippen LogP contribution in [0.4, 0.5) is 0 Å². The Labute approximate surface area is 165 Å². The molecule has 2 aromatic rings. The van der Waals surface area contributed by atoms with Gasteiger partial charge in [-0.2, -0.15) is 0 Å². The Morgan fingerprint density at radius 1 is 1.09 bits per heavy atom. The molecule has 0 unspecified atom stereocenters. The Morgan fingerprint density at radius 3 is 2.48 bits per heavy atom. The van der Waals surface area contributed by atoms with E-state index in [1.165, 1.54) is 0 Å². The van der Waals surface area contributed by atoms with Crippen molar-refractivity contribution in [3.05, 3.63) is 46.0 Å². The lowest BCUT2D eigenvalue weighted by Crippen LogP contribution is -2.03. The van der Waals surface area contributed by atoms with Gasteiger partial charge in [0.15, 0.2) is 9.84 Å². The Bertz CT molecular complexity index is 773. The third-order valence-electron chi connectivity index (χ3n) is 3.37. The van der Waals surface area contributed by atoms with Gasteiger partial charge in [0, 0.05) is 4.43 Å². The zero-order valence-corrected chi connectivity index (χ0v) is 17.9. The molecular formula is C17H18I2O3S. The molecule has 0 bridgehead atoms. The zero-order chi connectivity index (χ0) is 16.9. The molecule has 0 aromatic heterocycles. The molecule has 0 aliphatic heterocycles. The average Bonchev–Trinajstić information content (AvgIpc) is 2.56. The van der Waals surface area contributed by atoms with Gasteiger partial charge >= 0.3 is 0 Å². The molecule has 6 heteroatoms. The summed E-state index contributed by atoms with van der Waals surface area (Å²) in [6.07, 6.45) is 1.02. The maximum atomic E-state index is 12.0. The Kier molecular flexibility index (Phi) is 7.15. The number of sulfone groups is 1. The van der Waals surface area contributed by atoms with Gasteiger partial charge in [0.2, 0.25) is 0 Å². The lowest BCUT2D eigenvalue weighted by atomic mass is 10.1. The van der Waals surface area contributed by atoms with Gasteiger partial charge in [-0.05, 0) is 64.4 Å². The Hall–Kier alpha value is -0.350. The molecule has 0 amide bonds. The lowest BCUT2D eigenvalue weighted by molar-refractivity contribution is 0.317. The van der Waals surface area contributed by atoms with E-state index in [1.807, 2.05) is 24.3 Å². The minimum atomic E-state index is -3.19. The first kappa shape index (κ1) is 19.0. The number of hydrogen-bond donors (Lipinski definition) is 0. The summed E-state index contributed by atoms with van der Waals surface area (Å²) in [4.78, 5) is 0.370. The topological polar surface area (TPSA) is 43.4 Å². The van der Waals surface area contributed by atoms with E-state index in [-0.39, 0.29) is 5.75 Å². The van der Waals surface area contributed by atoms with Crippen LogP contribution in [-0.4, -0.2) is 25.2 Å². The lowest BCUT2D eigenvalue weighted by Gasteiger charge is -2.10. The minimum absolute atomic E-state index is 0.109. The molecule has 0 heterocycles. The van der Waals surface area contributed by atoms with Crippen molar-refractivity contribution in [1.29, 1.82) is 0 Å². The van der Waals surface area contributed by atoms with E-state index >= 15 is 0 Å². The molecule has 3 nitrogen and oxygen atoms in total. The van der Waals surface area contributed by atoms with Crippen molar-refractivity contribution in [2.45, 2.75) is 18.2 Å². The van der Waals surface area contributed by atoms with Crippen LogP contribution in [0.5, 0.6) is 5.75 Å². The summed E-state index contributed by atoms with van der Waals surface area (Å²) in [6.45, 7) is 2.37. The standard InChI is InChI=1S/C17H18I2O3S/c1-2-23(20,21)15-6-3-5-13(11-15)14-7-8-17(16(19)12-14)22-10-4-9-18/h3,5-8,11-12H,2,4,9-10H2,1H3. The highest BCUT2D eigenvalue weighted by atomic mass is 127. The maximum absolute atomic E-state index is 12.0. The predicted molar refractivity (Wildman–Crippen MR) is 111 cm³/mol. The highest BCUT2D eigenvalue weighted by molar-refractivity contribution is 14.1. The van der Waals surface area contributed by atoms with Crippen LogP contribution in [0.3, 0.4) is 0 Å². The molecular weight excluding hydrogens is 538 g/mol. The second-order valence-electron chi connectivity index (χ2n) is 4.97. The first-order valence-electron chi connectivity index (χ1n) is 7.29. The fraction of sp³-hybridized carbons (Fsp3) is 0.294. The van der Waals surface area contributed by atoms with Crippen LogP contribution in [0.15, 0.2) is 47.4 Å². The molecule has 0 N–H and O–H groups in total. The zero-order valence-electron chi connectivity index (χ0n) is 12.8. The van der Waals surface area contributed by atoms with Crippen molar-refractivity contribution >= 4 is 55.0 Å². The number of alkyl halides is 1. The van der Waals surface area contributed by atoms with Crippen LogP contribution in [0, 0.1) is 3.57 Å². The monoisotopic (exact) mass is 556 g/mol. The average molecular weight is 556 g/mol. The summed E-state index contributed by atoms with van der Waals surface area (Å²) in [5, 5.41) is 0. The molecule has 0 saturated heterocycles. The predicted octanol–water partition coefficient (Wildman–Crippen LogP) is 4.96. The Balaban J connectivity index is 2.29. The maximum Gasteiger partial charge on any atom is 0.178 e. The fourth-order valence-electron chi connectivity index (χ4n) is 2.07. The minimum Gasteiger partial charge on any atom is -0.492 e. The van der Waals surface area contributed by atoms with Crippen LogP contribution in [0.2, 0.25) is 0 Å². The van der Waals surface area contributed by atoms with Gasteiger partial charge < -0.3 is 4.74 Å². The van der Waals surface area contributed by atoms with E-state index in [0.717, 1.165) is 31.3 Å². The first-order valence-corrected chi connectivity index (χ1v) is 11.5. The number of ether oxygens (including phenoxy) is 1. The normalized spacial score (nSPS) is 11.4. The van der Waals surface area contributed by atoms with Crippen LogP contribution < -0.4 is 4.74 Å². The van der Waals surface area contributed by atoms with Crippen molar-refractivity contribution in [3.63, 3.8) is 0 Å². The molecule has 2 rings (SSSR count). The van der Waals surface area contributed by atoms with Crippen LogP contribution in [0.1, 0.15) is 13.3 Å². The second-order valence-corrected chi connectivity index (χ2v) is 9.49. The molecule has 0 atom stereocenters. The van der Waals surface area contributed by atoms with Crippen LogP contribution in [-0.2, 0) is 9.84 Å². The summed E-state index contributed by atoms with van der Waals surface area (Å²) in [7, 11) is -3.19. The smallest absolute Gasteiger partial charge is 0.178 e. The third-order valence-corrected chi connectivity index (χ3v) is 6.71. The Morgan fingerprint density at radius 2 is 1.83 bits per heavy atom.